The third-order valence-electron chi connectivity index (χ3n) is 2.05. The van der Waals surface area contributed by atoms with Crippen LogP contribution in [0.5, 0.6) is 0 Å². The highest BCUT2D eigenvalue weighted by Crippen LogP contribution is 2.10. The summed E-state index contributed by atoms with van der Waals surface area (Å²) < 4.78 is 13.3. The minimum Gasteiger partial charge on any atom is -0.478 e. The molecule has 0 fully saturated rings. The van der Waals surface area contributed by atoms with Gasteiger partial charge in [-0.1, -0.05) is 0 Å². The number of carbonyl (C=O) groups is 1. The highest BCUT2D eigenvalue weighted by molar-refractivity contribution is 5.87. The summed E-state index contributed by atoms with van der Waals surface area (Å²) >= 11 is 0. The van der Waals surface area contributed by atoms with Gasteiger partial charge < -0.3 is 15.5 Å². The van der Waals surface area contributed by atoms with Gasteiger partial charge in [-0.05, 0) is 25.1 Å². The Bertz CT molecular complexity index is 379. The van der Waals surface area contributed by atoms with Crippen LogP contribution in [-0.2, 0) is 6.54 Å². The number of nitrogens with one attached hydrogen (secondary N) is 1. The zero-order chi connectivity index (χ0) is 12.1. The van der Waals surface area contributed by atoms with E-state index in [-0.39, 0.29) is 17.7 Å². The summed E-state index contributed by atoms with van der Waals surface area (Å²) in [5.74, 6) is -1.54. The second kappa shape index (κ2) is 5.58. The van der Waals surface area contributed by atoms with Crippen LogP contribution < -0.4 is 5.32 Å². The fourth-order valence-corrected chi connectivity index (χ4v) is 1.26. The SMILES string of the molecule is CC(O)CNCc1cc(C(=O)O)ccc1F. The number of hydrogen-bond acceptors (Lipinski definition) is 3. The molecule has 0 saturated heterocycles. The van der Waals surface area contributed by atoms with Gasteiger partial charge in [0.25, 0.3) is 0 Å². The maximum absolute atomic E-state index is 13.3. The lowest BCUT2D eigenvalue weighted by Crippen LogP contribution is -2.24. The maximum atomic E-state index is 13.3. The van der Waals surface area contributed by atoms with Crippen LogP contribution in [0.4, 0.5) is 4.39 Å². The number of benzene rings is 1. The Morgan fingerprint density at radius 2 is 2.25 bits per heavy atom. The van der Waals surface area contributed by atoms with Crippen molar-refractivity contribution in [2.45, 2.75) is 19.6 Å². The molecule has 0 heterocycles. The Morgan fingerprint density at radius 1 is 1.56 bits per heavy atom. The van der Waals surface area contributed by atoms with Crippen LogP contribution in [0.3, 0.4) is 0 Å². The largest absolute Gasteiger partial charge is 0.478 e. The molecule has 0 spiro atoms. The monoisotopic (exact) mass is 227 g/mol. The fraction of sp³-hybridized carbons (Fsp3) is 0.364. The summed E-state index contributed by atoms with van der Waals surface area (Å²) in [7, 11) is 0. The van der Waals surface area contributed by atoms with Crippen molar-refractivity contribution in [1.82, 2.24) is 5.32 Å². The van der Waals surface area contributed by atoms with Gasteiger partial charge in [-0.25, -0.2) is 9.18 Å². The van der Waals surface area contributed by atoms with E-state index in [1.165, 1.54) is 12.1 Å². The molecule has 1 aromatic rings. The van der Waals surface area contributed by atoms with Crippen molar-refractivity contribution in [2.75, 3.05) is 6.54 Å². The van der Waals surface area contributed by atoms with Gasteiger partial charge in [0.05, 0.1) is 11.7 Å². The number of aliphatic hydroxyl groups excluding tert-OH is 1. The summed E-state index contributed by atoms with van der Waals surface area (Å²) in [4.78, 5) is 10.7. The Kier molecular flexibility index (Phi) is 4.39. The number of aliphatic hydroxyl groups is 1. The van der Waals surface area contributed by atoms with Gasteiger partial charge in [-0.2, -0.15) is 0 Å². The van der Waals surface area contributed by atoms with E-state index in [1.807, 2.05) is 0 Å². The number of carboxylic acid groups (broad SMARTS) is 1. The van der Waals surface area contributed by atoms with E-state index < -0.39 is 17.9 Å². The molecule has 4 nitrogen and oxygen atoms in total. The lowest BCUT2D eigenvalue weighted by molar-refractivity contribution is 0.0696. The summed E-state index contributed by atoms with van der Waals surface area (Å²) in [6, 6.07) is 3.63. The summed E-state index contributed by atoms with van der Waals surface area (Å²) in [5.41, 5.74) is 0.329. The number of halogens is 1. The molecule has 0 radical (unpaired) electrons. The predicted molar refractivity (Wildman–Crippen MR) is 56.7 cm³/mol. The van der Waals surface area contributed by atoms with Crippen molar-refractivity contribution >= 4 is 5.97 Å². The highest BCUT2D eigenvalue weighted by Gasteiger charge is 2.08. The second-order valence-corrected chi connectivity index (χ2v) is 3.59. The van der Waals surface area contributed by atoms with Crippen molar-refractivity contribution in [3.63, 3.8) is 0 Å². The first-order chi connectivity index (χ1) is 7.50. The lowest BCUT2D eigenvalue weighted by Gasteiger charge is -2.08. The number of hydrogen-bond donors (Lipinski definition) is 3. The van der Waals surface area contributed by atoms with Crippen molar-refractivity contribution in [2.24, 2.45) is 0 Å². The van der Waals surface area contributed by atoms with Crippen LogP contribution in [0.1, 0.15) is 22.8 Å². The predicted octanol–water partition coefficient (Wildman–Crippen LogP) is 0.994. The van der Waals surface area contributed by atoms with E-state index in [1.54, 1.807) is 6.92 Å². The molecular weight excluding hydrogens is 213 g/mol. The molecular formula is C11H14FNO3. The van der Waals surface area contributed by atoms with Crippen LogP contribution in [0.2, 0.25) is 0 Å². The van der Waals surface area contributed by atoms with Gasteiger partial charge in [0.15, 0.2) is 0 Å². The van der Waals surface area contributed by atoms with E-state index in [4.69, 9.17) is 10.2 Å². The first-order valence-corrected chi connectivity index (χ1v) is 4.91. The van der Waals surface area contributed by atoms with Crippen molar-refractivity contribution in [3.8, 4) is 0 Å². The van der Waals surface area contributed by atoms with Gasteiger partial charge in [0, 0.05) is 18.7 Å². The molecule has 0 amide bonds. The van der Waals surface area contributed by atoms with E-state index in [0.717, 1.165) is 6.07 Å². The average Bonchev–Trinajstić information content (AvgIpc) is 2.20. The minimum absolute atomic E-state index is 0.0512. The van der Waals surface area contributed by atoms with Crippen molar-refractivity contribution in [1.29, 1.82) is 0 Å². The van der Waals surface area contributed by atoms with E-state index in [2.05, 4.69) is 5.32 Å². The van der Waals surface area contributed by atoms with Gasteiger partial charge in [-0.3, -0.25) is 0 Å². The third kappa shape index (κ3) is 3.60. The Balaban J connectivity index is 2.70. The first kappa shape index (κ1) is 12.6. The van der Waals surface area contributed by atoms with Gasteiger partial charge in [-0.15, -0.1) is 0 Å². The summed E-state index contributed by atoms with van der Waals surface area (Å²) in [6.45, 7) is 2.13. The van der Waals surface area contributed by atoms with Crippen molar-refractivity contribution in [3.05, 3.63) is 35.1 Å². The van der Waals surface area contributed by atoms with Crippen LogP contribution in [0.25, 0.3) is 0 Å². The molecule has 0 saturated carbocycles. The molecule has 0 aliphatic heterocycles. The van der Waals surface area contributed by atoms with E-state index in [0.29, 0.717) is 6.54 Å². The zero-order valence-corrected chi connectivity index (χ0v) is 8.90. The van der Waals surface area contributed by atoms with E-state index in [9.17, 15) is 9.18 Å². The molecule has 0 aliphatic carbocycles. The maximum Gasteiger partial charge on any atom is 0.335 e. The Hall–Kier alpha value is -1.46. The molecule has 0 aliphatic rings. The molecule has 1 unspecified atom stereocenters. The van der Waals surface area contributed by atoms with Crippen LogP contribution in [0.15, 0.2) is 18.2 Å². The molecule has 1 atom stereocenters. The molecule has 3 N–H and O–H groups in total. The van der Waals surface area contributed by atoms with Gasteiger partial charge in [0.2, 0.25) is 0 Å². The average molecular weight is 227 g/mol. The lowest BCUT2D eigenvalue weighted by atomic mass is 10.1. The van der Waals surface area contributed by atoms with Crippen molar-refractivity contribution < 1.29 is 19.4 Å². The van der Waals surface area contributed by atoms with Crippen LogP contribution in [-0.4, -0.2) is 28.8 Å². The quantitative estimate of drug-likeness (QED) is 0.701. The molecule has 0 aromatic heterocycles. The third-order valence-corrected chi connectivity index (χ3v) is 2.05. The number of carboxylic acids is 1. The number of rotatable bonds is 5. The summed E-state index contributed by atoms with van der Waals surface area (Å²) in [5, 5.41) is 20.5. The fourth-order valence-electron chi connectivity index (χ4n) is 1.26. The van der Waals surface area contributed by atoms with E-state index >= 15 is 0 Å². The summed E-state index contributed by atoms with van der Waals surface area (Å²) in [6.07, 6.45) is -0.522. The minimum atomic E-state index is -1.09. The molecule has 0 bridgehead atoms. The molecule has 1 aromatic carbocycles. The van der Waals surface area contributed by atoms with Crippen LogP contribution >= 0.6 is 0 Å². The molecule has 88 valence electrons. The van der Waals surface area contributed by atoms with Gasteiger partial charge in [0.1, 0.15) is 5.82 Å². The van der Waals surface area contributed by atoms with Crippen LogP contribution in [0, 0.1) is 5.82 Å². The van der Waals surface area contributed by atoms with Gasteiger partial charge >= 0.3 is 5.97 Å². The molecule has 16 heavy (non-hydrogen) atoms. The Labute approximate surface area is 92.7 Å². The highest BCUT2D eigenvalue weighted by atomic mass is 19.1. The smallest absolute Gasteiger partial charge is 0.335 e. The topological polar surface area (TPSA) is 69.6 Å². The second-order valence-electron chi connectivity index (χ2n) is 3.59. The standard InChI is InChI=1S/C11H14FNO3/c1-7(14)5-13-6-9-4-8(11(15)16)2-3-10(9)12/h2-4,7,13-14H,5-6H2,1H3,(H,15,16). The Morgan fingerprint density at radius 3 is 2.81 bits per heavy atom. The first-order valence-electron chi connectivity index (χ1n) is 4.91. The normalized spacial score (nSPS) is 12.4. The zero-order valence-electron chi connectivity index (χ0n) is 8.90. The molecule has 1 rings (SSSR count). The molecule has 5 heteroatoms. The number of aromatic carboxylic acids is 1.